The summed E-state index contributed by atoms with van der Waals surface area (Å²) in [4.78, 5) is 13.6. The summed E-state index contributed by atoms with van der Waals surface area (Å²) in [6, 6.07) is 9.60. The molecule has 7 nitrogen and oxygen atoms in total. The molecular weight excluding hydrogens is 558 g/mol. The zero-order chi connectivity index (χ0) is 23.0. The van der Waals surface area contributed by atoms with Gasteiger partial charge in [-0.15, -0.1) is 10.2 Å². The van der Waals surface area contributed by atoms with Gasteiger partial charge in [-0.05, 0) is 77.2 Å². The molecule has 0 saturated heterocycles. The number of thioether (sulfide) groups is 1. The van der Waals surface area contributed by atoms with Crippen LogP contribution in [-0.4, -0.2) is 33.1 Å². The predicted octanol–water partition coefficient (Wildman–Crippen LogP) is 5.39. The van der Waals surface area contributed by atoms with Gasteiger partial charge in [0.15, 0.2) is 0 Å². The largest absolute Gasteiger partial charge is 0.496 e. The summed E-state index contributed by atoms with van der Waals surface area (Å²) in [5.41, 5.74) is 7.35. The van der Waals surface area contributed by atoms with Gasteiger partial charge >= 0.3 is 0 Å². The molecule has 2 aromatic carbocycles. The second-order valence-electron chi connectivity index (χ2n) is 7.50. The molecule has 2 heterocycles. The molecule has 0 spiro atoms. The van der Waals surface area contributed by atoms with Gasteiger partial charge in [0.2, 0.25) is 11.1 Å². The fraction of sp³-hybridized carbons (Fsp3) is 0.318. The van der Waals surface area contributed by atoms with Crippen LogP contribution in [0, 0.1) is 13.8 Å². The summed E-state index contributed by atoms with van der Waals surface area (Å²) >= 11 is 8.52. The minimum absolute atomic E-state index is 0.0912. The molecule has 1 aliphatic heterocycles. The highest BCUT2D eigenvalue weighted by Gasteiger charge is 2.38. The van der Waals surface area contributed by atoms with Crippen molar-refractivity contribution in [2.45, 2.75) is 43.6 Å². The van der Waals surface area contributed by atoms with E-state index in [4.69, 9.17) is 4.74 Å². The summed E-state index contributed by atoms with van der Waals surface area (Å²) in [6.45, 7) is 5.96. The minimum Gasteiger partial charge on any atom is -0.496 e. The number of carbonyl (C=O) groups is 1. The van der Waals surface area contributed by atoms with Crippen molar-refractivity contribution >= 4 is 55.2 Å². The highest BCUT2D eigenvalue weighted by Crippen LogP contribution is 2.40. The number of fused-ring (bicyclic) bond motifs is 1. The maximum atomic E-state index is 13.6. The average Bonchev–Trinajstić information content (AvgIpc) is 3.14. The predicted molar refractivity (Wildman–Crippen MR) is 134 cm³/mol. The van der Waals surface area contributed by atoms with Crippen molar-refractivity contribution in [1.29, 1.82) is 0 Å². The smallest absolute Gasteiger partial charge is 0.240 e. The fourth-order valence-corrected chi connectivity index (χ4v) is 6.05. The first-order valence-electron chi connectivity index (χ1n) is 10.1. The molecule has 2 N–H and O–H groups in total. The van der Waals surface area contributed by atoms with E-state index in [0.29, 0.717) is 5.16 Å². The molecule has 1 aromatic heterocycles. The number of aromatic nitrogens is 3. The van der Waals surface area contributed by atoms with E-state index in [0.717, 1.165) is 49.3 Å². The summed E-state index contributed by atoms with van der Waals surface area (Å²) in [5.74, 6) is 1.38. The monoisotopic (exact) mass is 579 g/mol. The number of amides is 1. The lowest BCUT2D eigenvalue weighted by atomic mass is 10.0. The molecule has 1 amide bonds. The van der Waals surface area contributed by atoms with Crippen LogP contribution in [0.2, 0.25) is 0 Å². The van der Waals surface area contributed by atoms with Gasteiger partial charge in [0, 0.05) is 10.2 Å². The highest BCUT2D eigenvalue weighted by molar-refractivity contribution is 9.10. The van der Waals surface area contributed by atoms with Crippen LogP contribution < -0.4 is 15.5 Å². The van der Waals surface area contributed by atoms with Gasteiger partial charge in [0.05, 0.1) is 17.6 Å². The summed E-state index contributed by atoms with van der Waals surface area (Å²) in [6.07, 6.45) is 0.814. The molecule has 2 atom stereocenters. The molecule has 3 aromatic rings. The van der Waals surface area contributed by atoms with E-state index in [1.807, 2.05) is 48.9 Å². The maximum absolute atomic E-state index is 13.6. The van der Waals surface area contributed by atoms with Crippen LogP contribution >= 0.6 is 43.6 Å². The molecule has 0 bridgehead atoms. The van der Waals surface area contributed by atoms with E-state index >= 15 is 0 Å². The third-order valence-corrected chi connectivity index (χ3v) is 7.70. The number of benzene rings is 2. The first-order chi connectivity index (χ1) is 15.3. The van der Waals surface area contributed by atoms with Crippen molar-refractivity contribution in [3.8, 4) is 5.75 Å². The number of anilines is 1. The Kier molecular flexibility index (Phi) is 6.83. The Balaban J connectivity index is 1.71. The van der Waals surface area contributed by atoms with Gasteiger partial charge in [-0.1, -0.05) is 40.7 Å². The van der Waals surface area contributed by atoms with E-state index in [1.54, 1.807) is 7.11 Å². The zero-order valence-electron chi connectivity index (χ0n) is 18.1. The van der Waals surface area contributed by atoms with Crippen LogP contribution in [0.15, 0.2) is 44.4 Å². The Hall–Kier alpha value is -2.04. The van der Waals surface area contributed by atoms with E-state index in [9.17, 15) is 4.79 Å². The molecule has 0 aliphatic carbocycles. The van der Waals surface area contributed by atoms with Crippen molar-refractivity contribution in [2.75, 3.05) is 17.9 Å². The Labute approximate surface area is 207 Å². The number of halogens is 2. The van der Waals surface area contributed by atoms with Crippen LogP contribution in [0.1, 0.15) is 35.5 Å². The number of aryl methyl sites for hydroxylation is 3. The molecule has 168 valence electrons. The van der Waals surface area contributed by atoms with E-state index in [2.05, 4.69) is 59.7 Å². The molecule has 0 fully saturated rings. The first kappa shape index (κ1) is 23.1. The van der Waals surface area contributed by atoms with E-state index in [-0.39, 0.29) is 11.9 Å². The van der Waals surface area contributed by atoms with Gasteiger partial charge in [-0.25, -0.2) is 4.68 Å². The first-order valence-corrected chi connectivity index (χ1v) is 12.6. The second-order valence-corrected chi connectivity index (χ2v) is 10.4. The second kappa shape index (κ2) is 9.44. The van der Waals surface area contributed by atoms with Gasteiger partial charge in [0.1, 0.15) is 16.8 Å². The Morgan fingerprint density at radius 1 is 1.25 bits per heavy atom. The lowest BCUT2D eigenvalue weighted by Gasteiger charge is -2.33. The molecule has 0 saturated carbocycles. The van der Waals surface area contributed by atoms with Crippen LogP contribution in [0.4, 0.5) is 5.69 Å². The molecule has 32 heavy (non-hydrogen) atoms. The molecule has 4 rings (SSSR count). The van der Waals surface area contributed by atoms with Crippen LogP contribution in [0.25, 0.3) is 0 Å². The van der Waals surface area contributed by atoms with Crippen LogP contribution in [-0.2, 0) is 11.2 Å². The van der Waals surface area contributed by atoms with E-state index in [1.165, 1.54) is 11.8 Å². The summed E-state index contributed by atoms with van der Waals surface area (Å²) in [5, 5.41) is 11.8. The quantitative estimate of drug-likeness (QED) is 0.421. The molecule has 1 aliphatic rings. The Morgan fingerprint density at radius 3 is 2.72 bits per heavy atom. The number of nitrogens with one attached hydrogen (secondary N) is 2. The summed E-state index contributed by atoms with van der Waals surface area (Å²) in [7, 11) is 1.63. The van der Waals surface area contributed by atoms with Gasteiger partial charge < -0.3 is 15.5 Å². The van der Waals surface area contributed by atoms with Gasteiger partial charge in [0.25, 0.3) is 0 Å². The van der Waals surface area contributed by atoms with Crippen LogP contribution in [0.5, 0.6) is 5.75 Å². The lowest BCUT2D eigenvalue weighted by molar-refractivity contribution is -0.116. The lowest BCUT2D eigenvalue weighted by Crippen LogP contribution is -2.41. The van der Waals surface area contributed by atoms with Gasteiger partial charge in [-0.3, -0.25) is 4.79 Å². The topological polar surface area (TPSA) is 81.1 Å². The van der Waals surface area contributed by atoms with Gasteiger partial charge in [-0.2, -0.15) is 0 Å². The number of ether oxygens (including phenoxy) is 1. The van der Waals surface area contributed by atoms with Crippen molar-refractivity contribution < 1.29 is 9.53 Å². The van der Waals surface area contributed by atoms with Crippen molar-refractivity contribution in [3.05, 3.63) is 61.8 Å². The van der Waals surface area contributed by atoms with E-state index < -0.39 is 5.25 Å². The Bertz CT molecular complexity index is 1180. The number of carbonyl (C=O) groups excluding carboxylic acids is 1. The minimum atomic E-state index is -0.459. The standard InChI is InChI=1S/C22H23Br2N5O2S/c1-5-13-9-15(23)8-11(2)18(13)25-21(30)20-19(14-6-7-17(31-4)16(24)10-14)28-29-12(3)26-27-22(29)32-20/h6-10,19-20,28H,5H2,1-4H3,(H,25,30)/t19-,20-/m0/s1. The van der Waals surface area contributed by atoms with Crippen molar-refractivity contribution in [1.82, 2.24) is 14.9 Å². The third kappa shape index (κ3) is 4.40. The molecule has 0 radical (unpaired) electrons. The number of hydrogen-bond donors (Lipinski definition) is 2. The number of hydrogen-bond acceptors (Lipinski definition) is 6. The zero-order valence-corrected chi connectivity index (χ0v) is 22.1. The molecule has 10 heteroatoms. The van der Waals surface area contributed by atoms with Crippen molar-refractivity contribution in [3.63, 3.8) is 0 Å². The number of nitrogens with zero attached hydrogens (tertiary/aromatic N) is 3. The SMILES string of the molecule is CCc1cc(Br)cc(C)c1NC(=O)[C@H]1Sc2nnc(C)n2N[C@H]1c1ccc(OC)c(Br)c1. The average molecular weight is 581 g/mol. The summed E-state index contributed by atoms with van der Waals surface area (Å²) < 4.78 is 9.03. The van der Waals surface area contributed by atoms with Crippen LogP contribution in [0.3, 0.4) is 0 Å². The number of methoxy groups -OCH3 is 1. The third-order valence-electron chi connectivity index (χ3n) is 5.40. The number of rotatable bonds is 5. The Morgan fingerprint density at radius 2 is 2.03 bits per heavy atom. The van der Waals surface area contributed by atoms with Crippen molar-refractivity contribution in [2.24, 2.45) is 0 Å². The fourth-order valence-electron chi connectivity index (χ4n) is 3.75. The normalized spacial score (nSPS) is 17.4. The molecular formula is C22H23Br2N5O2S. The molecule has 0 unspecified atom stereocenters. The highest BCUT2D eigenvalue weighted by atomic mass is 79.9. The maximum Gasteiger partial charge on any atom is 0.240 e.